The highest BCUT2D eigenvalue weighted by Gasteiger charge is 2.44. The lowest BCUT2D eigenvalue weighted by Gasteiger charge is -2.39. The van der Waals surface area contributed by atoms with Crippen LogP contribution < -0.4 is 10.4 Å². The minimum Gasteiger partial charge on any atom is -0.461 e. The first-order chi connectivity index (χ1) is 12.2. The van der Waals surface area contributed by atoms with Crippen molar-refractivity contribution < 1.29 is 34.3 Å². The molecule has 0 spiro atoms. The largest absolute Gasteiger partial charge is 0.461 e. The van der Waals surface area contributed by atoms with Crippen LogP contribution in [0.3, 0.4) is 0 Å². The van der Waals surface area contributed by atoms with Crippen LogP contribution >= 0.6 is 0 Å². The predicted molar refractivity (Wildman–Crippen MR) is 91.1 cm³/mol. The summed E-state index contributed by atoms with van der Waals surface area (Å²) >= 11 is 0. The Hall–Kier alpha value is -1.97. The molecule has 1 fully saturated rings. The maximum Gasteiger partial charge on any atom is 0.339 e. The van der Waals surface area contributed by atoms with Gasteiger partial charge in [0.15, 0.2) is 0 Å². The molecule has 2 aromatic rings. The average Bonchev–Trinajstić information content (AvgIpc) is 2.59. The van der Waals surface area contributed by atoms with E-state index in [0.717, 1.165) is 5.56 Å². The molecular formula is C18H22O8. The first-order valence-electron chi connectivity index (χ1n) is 8.26. The first-order valence-corrected chi connectivity index (χ1v) is 8.26. The molecule has 142 valence electrons. The highest BCUT2D eigenvalue weighted by Crippen LogP contribution is 2.33. The number of ether oxygens (including phenoxy) is 2. The lowest BCUT2D eigenvalue weighted by atomic mass is 9.99. The quantitative estimate of drug-likeness (QED) is 0.554. The molecule has 0 saturated carbocycles. The summed E-state index contributed by atoms with van der Waals surface area (Å²) in [4.78, 5) is 11.9. The minimum atomic E-state index is -1.54. The summed E-state index contributed by atoms with van der Waals surface area (Å²) in [6.07, 6.45) is -6.92. The van der Waals surface area contributed by atoms with Gasteiger partial charge < -0.3 is 34.3 Å². The van der Waals surface area contributed by atoms with Crippen LogP contribution in [0.25, 0.3) is 11.0 Å². The maximum atomic E-state index is 11.9. The summed E-state index contributed by atoms with van der Waals surface area (Å²) < 4.78 is 16.5. The van der Waals surface area contributed by atoms with E-state index in [0.29, 0.717) is 27.8 Å². The van der Waals surface area contributed by atoms with Crippen LogP contribution in [-0.2, 0) is 4.74 Å². The third-order valence-electron chi connectivity index (χ3n) is 4.75. The zero-order chi connectivity index (χ0) is 19.2. The van der Waals surface area contributed by atoms with Gasteiger partial charge in [0.25, 0.3) is 0 Å². The molecule has 0 radical (unpaired) electrons. The van der Waals surface area contributed by atoms with Crippen LogP contribution in [0.4, 0.5) is 0 Å². The van der Waals surface area contributed by atoms with Crippen molar-refractivity contribution in [1.29, 1.82) is 0 Å². The fourth-order valence-electron chi connectivity index (χ4n) is 3.07. The van der Waals surface area contributed by atoms with E-state index < -0.39 is 42.9 Å². The highest BCUT2D eigenvalue weighted by atomic mass is 16.7. The Morgan fingerprint density at radius 3 is 2.38 bits per heavy atom. The van der Waals surface area contributed by atoms with Crippen LogP contribution in [0.2, 0.25) is 0 Å². The molecule has 2 heterocycles. The van der Waals surface area contributed by atoms with Gasteiger partial charge in [0.2, 0.25) is 6.29 Å². The van der Waals surface area contributed by atoms with Crippen molar-refractivity contribution in [1.82, 2.24) is 0 Å². The Labute approximate surface area is 149 Å². The average molecular weight is 366 g/mol. The van der Waals surface area contributed by atoms with Crippen LogP contribution in [-0.4, -0.2) is 57.7 Å². The standard InChI is InChI=1S/C18H22O8/c1-7-4-10-13(8(2)9(3)17(23)24-10)11(5-7)25-18-16(22)15(21)14(20)12(6-19)26-18/h4-5,12,14-16,18-22H,6H2,1-3H3/t12-,14-,15+,16-,18-/m0/s1. The summed E-state index contributed by atoms with van der Waals surface area (Å²) in [5.41, 5.74) is 1.73. The van der Waals surface area contributed by atoms with Crippen molar-refractivity contribution in [3.05, 3.63) is 39.2 Å². The molecule has 1 aliphatic heterocycles. The van der Waals surface area contributed by atoms with Gasteiger partial charge in [0, 0.05) is 5.56 Å². The Morgan fingerprint density at radius 2 is 1.73 bits per heavy atom. The Morgan fingerprint density at radius 1 is 1.04 bits per heavy atom. The smallest absolute Gasteiger partial charge is 0.339 e. The van der Waals surface area contributed by atoms with Crippen molar-refractivity contribution in [2.75, 3.05) is 6.61 Å². The Kier molecular flexibility index (Phi) is 5.05. The number of hydrogen-bond acceptors (Lipinski definition) is 8. The first kappa shape index (κ1) is 18.8. The van der Waals surface area contributed by atoms with Crippen LogP contribution in [0.1, 0.15) is 16.7 Å². The molecule has 8 nitrogen and oxygen atoms in total. The molecule has 3 rings (SSSR count). The number of aliphatic hydroxyl groups is 4. The zero-order valence-electron chi connectivity index (χ0n) is 14.7. The van der Waals surface area contributed by atoms with Crippen molar-refractivity contribution in [3.8, 4) is 5.75 Å². The van der Waals surface area contributed by atoms with Crippen molar-refractivity contribution in [3.63, 3.8) is 0 Å². The molecule has 8 heteroatoms. The summed E-state index contributed by atoms with van der Waals surface area (Å²) in [5, 5.41) is 39.8. The molecular weight excluding hydrogens is 344 g/mol. The van der Waals surface area contributed by atoms with Gasteiger partial charge >= 0.3 is 5.63 Å². The van der Waals surface area contributed by atoms with Crippen LogP contribution in [0.15, 0.2) is 21.3 Å². The molecule has 1 aromatic heterocycles. The second-order valence-corrected chi connectivity index (χ2v) is 6.59. The molecule has 5 atom stereocenters. The fourth-order valence-corrected chi connectivity index (χ4v) is 3.07. The molecule has 26 heavy (non-hydrogen) atoms. The van der Waals surface area contributed by atoms with Gasteiger partial charge in [-0.3, -0.25) is 0 Å². The molecule has 0 bridgehead atoms. The number of hydrogen-bond donors (Lipinski definition) is 4. The molecule has 0 amide bonds. The third kappa shape index (κ3) is 3.10. The van der Waals surface area contributed by atoms with Crippen molar-refractivity contribution >= 4 is 11.0 Å². The fraction of sp³-hybridized carbons (Fsp3) is 0.500. The van der Waals surface area contributed by atoms with E-state index in [1.807, 2.05) is 0 Å². The molecule has 4 N–H and O–H groups in total. The lowest BCUT2D eigenvalue weighted by Crippen LogP contribution is -2.60. The van der Waals surface area contributed by atoms with E-state index in [1.165, 1.54) is 0 Å². The van der Waals surface area contributed by atoms with Crippen LogP contribution in [0.5, 0.6) is 5.75 Å². The van der Waals surface area contributed by atoms with Crippen molar-refractivity contribution in [2.24, 2.45) is 0 Å². The van der Waals surface area contributed by atoms with Crippen molar-refractivity contribution in [2.45, 2.75) is 51.5 Å². The number of benzene rings is 1. The van der Waals surface area contributed by atoms with Gasteiger partial charge in [0.05, 0.1) is 12.0 Å². The third-order valence-corrected chi connectivity index (χ3v) is 4.75. The van der Waals surface area contributed by atoms with E-state index in [1.54, 1.807) is 32.9 Å². The monoisotopic (exact) mass is 366 g/mol. The van der Waals surface area contributed by atoms with Gasteiger partial charge in [0.1, 0.15) is 35.7 Å². The molecule has 0 unspecified atom stereocenters. The summed E-state index contributed by atoms with van der Waals surface area (Å²) in [7, 11) is 0. The lowest BCUT2D eigenvalue weighted by molar-refractivity contribution is -0.277. The molecule has 1 aromatic carbocycles. The van der Waals surface area contributed by atoms with Gasteiger partial charge in [-0.2, -0.15) is 0 Å². The van der Waals surface area contributed by atoms with Gasteiger partial charge in [-0.15, -0.1) is 0 Å². The normalized spacial score (nSPS) is 29.1. The second-order valence-electron chi connectivity index (χ2n) is 6.59. The van der Waals surface area contributed by atoms with Crippen LogP contribution in [0, 0.1) is 20.8 Å². The minimum absolute atomic E-state index is 0.300. The summed E-state index contributed by atoms with van der Waals surface area (Å²) in [6.45, 7) is 4.63. The Bertz CT molecular complexity index is 872. The van der Waals surface area contributed by atoms with E-state index >= 15 is 0 Å². The van der Waals surface area contributed by atoms with Gasteiger partial charge in [-0.1, -0.05) is 0 Å². The maximum absolute atomic E-state index is 11.9. The topological polar surface area (TPSA) is 130 Å². The van der Waals surface area contributed by atoms with E-state index in [2.05, 4.69) is 0 Å². The van der Waals surface area contributed by atoms with E-state index in [9.17, 15) is 25.2 Å². The zero-order valence-corrected chi connectivity index (χ0v) is 14.7. The Balaban J connectivity index is 2.06. The van der Waals surface area contributed by atoms with E-state index in [-0.39, 0.29) is 0 Å². The van der Waals surface area contributed by atoms with E-state index in [4.69, 9.17) is 13.9 Å². The van der Waals surface area contributed by atoms with Gasteiger partial charge in [-0.25, -0.2) is 4.79 Å². The molecule has 1 saturated heterocycles. The number of aryl methyl sites for hydroxylation is 2. The number of rotatable bonds is 3. The number of aliphatic hydroxyl groups excluding tert-OH is 4. The summed E-state index contributed by atoms with van der Waals surface area (Å²) in [6, 6.07) is 3.39. The predicted octanol–water partition coefficient (Wildman–Crippen LogP) is -0.103. The number of fused-ring (bicyclic) bond motifs is 1. The molecule has 0 aliphatic carbocycles. The summed E-state index contributed by atoms with van der Waals surface area (Å²) in [5.74, 6) is 0.300. The SMILES string of the molecule is Cc1cc(O[C@H]2O[C@@H](CO)[C@H](O)[C@@H](O)[C@@H]2O)c2c(C)c(C)c(=O)oc2c1. The second kappa shape index (κ2) is 6.98. The van der Waals surface area contributed by atoms with Gasteiger partial charge in [-0.05, 0) is 44.0 Å². The molecule has 1 aliphatic rings. The highest BCUT2D eigenvalue weighted by molar-refractivity contribution is 5.88.